The highest BCUT2D eigenvalue weighted by molar-refractivity contribution is 9.10. The number of hydrogen-bond acceptors (Lipinski definition) is 4. The molecule has 3 aliphatic rings. The number of fused-ring (bicyclic) bond motifs is 1. The molecule has 2 bridgehead atoms. The van der Waals surface area contributed by atoms with Crippen LogP contribution < -0.4 is 0 Å². The minimum atomic E-state index is -0.477. The Hall–Kier alpha value is -2.60. The predicted octanol–water partition coefficient (Wildman–Crippen LogP) is 4.52. The van der Waals surface area contributed by atoms with Crippen molar-refractivity contribution in [2.75, 3.05) is 19.7 Å². The van der Waals surface area contributed by atoms with Gasteiger partial charge in [-0.25, -0.2) is 0 Å². The van der Waals surface area contributed by atoms with Crippen LogP contribution in [0.4, 0.5) is 0 Å². The zero-order valence-electron chi connectivity index (χ0n) is 17.2. The van der Waals surface area contributed by atoms with Crippen molar-refractivity contribution in [2.45, 2.75) is 33.3 Å². The van der Waals surface area contributed by atoms with E-state index in [1.54, 1.807) is 11.8 Å². The van der Waals surface area contributed by atoms with Gasteiger partial charge in [0, 0.05) is 24.0 Å². The lowest BCUT2D eigenvalue weighted by molar-refractivity contribution is -0.148. The topological polar surface area (TPSA) is 55.8 Å². The van der Waals surface area contributed by atoms with Gasteiger partial charge in [-0.05, 0) is 59.4 Å². The molecule has 0 N–H and O–H groups in total. The standard InChI is InChI=1S/C24H24BrNO4/c1-3-29-24(28)11-23(27)26-12-17-8-7-16-9-20(17)19(13-26)10-22(16)30-14-18-5-4-6-21(25)15(18)2/h4-8,10H,3,9,11-14H2,1-2H3. The van der Waals surface area contributed by atoms with Gasteiger partial charge in [-0.2, -0.15) is 0 Å². The van der Waals surface area contributed by atoms with Crippen LogP contribution in [0.5, 0.6) is 0 Å². The third-order valence-corrected chi connectivity index (χ3v) is 6.55. The number of allylic oxidation sites excluding steroid dienone is 3. The second-order valence-electron chi connectivity index (χ2n) is 7.62. The highest BCUT2D eigenvalue weighted by atomic mass is 79.9. The van der Waals surface area contributed by atoms with E-state index >= 15 is 0 Å². The second-order valence-corrected chi connectivity index (χ2v) is 8.47. The minimum Gasteiger partial charge on any atom is -0.489 e. The van der Waals surface area contributed by atoms with Crippen LogP contribution in [-0.2, 0) is 25.7 Å². The van der Waals surface area contributed by atoms with E-state index in [1.807, 2.05) is 12.1 Å². The van der Waals surface area contributed by atoms with Gasteiger partial charge in [0.15, 0.2) is 0 Å². The molecule has 0 spiro atoms. The van der Waals surface area contributed by atoms with Crippen molar-refractivity contribution < 1.29 is 19.1 Å². The van der Waals surface area contributed by atoms with E-state index in [9.17, 15) is 9.59 Å². The molecule has 156 valence electrons. The number of carbonyl (C=O) groups is 2. The maximum Gasteiger partial charge on any atom is 0.315 e. The molecule has 1 heterocycles. The van der Waals surface area contributed by atoms with E-state index in [0.717, 1.165) is 38.9 Å². The number of ether oxygens (including phenoxy) is 2. The van der Waals surface area contributed by atoms with Crippen LogP contribution >= 0.6 is 15.9 Å². The summed E-state index contributed by atoms with van der Waals surface area (Å²) in [6.45, 7) is 5.59. The van der Waals surface area contributed by atoms with Gasteiger partial charge in [-0.3, -0.25) is 9.59 Å². The fourth-order valence-electron chi connectivity index (χ4n) is 3.97. The van der Waals surface area contributed by atoms with Gasteiger partial charge in [0.2, 0.25) is 5.91 Å². The monoisotopic (exact) mass is 469 g/mol. The molecular weight excluding hydrogens is 446 g/mol. The molecular formula is C24H24BrNO4. The van der Waals surface area contributed by atoms with Crippen LogP contribution in [-0.4, -0.2) is 36.5 Å². The van der Waals surface area contributed by atoms with Crippen molar-refractivity contribution in [3.8, 4) is 0 Å². The van der Waals surface area contributed by atoms with Crippen molar-refractivity contribution in [1.82, 2.24) is 4.90 Å². The van der Waals surface area contributed by atoms with Crippen LogP contribution in [0, 0.1) is 6.92 Å². The molecule has 6 heteroatoms. The van der Waals surface area contributed by atoms with E-state index in [4.69, 9.17) is 9.47 Å². The first-order valence-corrected chi connectivity index (χ1v) is 10.9. The summed E-state index contributed by atoms with van der Waals surface area (Å²) in [6, 6.07) is 6.10. The number of nitrogens with zero attached hydrogens (tertiary/aromatic N) is 1. The van der Waals surface area contributed by atoms with Crippen LogP contribution in [0.15, 0.2) is 69.0 Å². The molecule has 1 aromatic carbocycles. The molecule has 0 radical (unpaired) electrons. The first kappa shape index (κ1) is 20.7. The summed E-state index contributed by atoms with van der Waals surface area (Å²) in [5.74, 6) is 0.166. The van der Waals surface area contributed by atoms with Crippen molar-refractivity contribution in [3.05, 3.63) is 80.1 Å². The van der Waals surface area contributed by atoms with Gasteiger partial charge < -0.3 is 14.4 Å². The molecule has 2 aliphatic carbocycles. The summed E-state index contributed by atoms with van der Waals surface area (Å²) in [5.41, 5.74) is 6.96. The Morgan fingerprint density at radius 3 is 2.77 bits per heavy atom. The SMILES string of the molecule is CCOC(=O)CC(=O)N1CC2=CC(OCc3cccc(Br)c3C)=C3C=CC(=C2C3)C1. The van der Waals surface area contributed by atoms with E-state index in [2.05, 4.69) is 47.1 Å². The van der Waals surface area contributed by atoms with Crippen molar-refractivity contribution in [1.29, 1.82) is 0 Å². The summed E-state index contributed by atoms with van der Waals surface area (Å²) in [5, 5.41) is 0. The van der Waals surface area contributed by atoms with E-state index in [-0.39, 0.29) is 18.9 Å². The summed E-state index contributed by atoms with van der Waals surface area (Å²) < 4.78 is 12.2. The van der Waals surface area contributed by atoms with E-state index < -0.39 is 5.97 Å². The average molecular weight is 470 g/mol. The Morgan fingerprint density at radius 1 is 1.17 bits per heavy atom. The fourth-order valence-corrected chi connectivity index (χ4v) is 4.38. The molecule has 0 fully saturated rings. The zero-order valence-corrected chi connectivity index (χ0v) is 18.8. The Labute approximate surface area is 184 Å². The molecule has 4 rings (SSSR count). The molecule has 1 aromatic rings. The van der Waals surface area contributed by atoms with Gasteiger partial charge in [0.25, 0.3) is 0 Å². The fraction of sp³-hybridized carbons (Fsp3) is 0.333. The molecule has 0 saturated carbocycles. The molecule has 30 heavy (non-hydrogen) atoms. The smallest absolute Gasteiger partial charge is 0.315 e. The van der Waals surface area contributed by atoms with Crippen LogP contribution in [0.25, 0.3) is 0 Å². The molecule has 5 nitrogen and oxygen atoms in total. The highest BCUT2D eigenvalue weighted by Gasteiger charge is 2.31. The van der Waals surface area contributed by atoms with Crippen LogP contribution in [0.2, 0.25) is 0 Å². The summed E-state index contributed by atoms with van der Waals surface area (Å²) in [7, 11) is 0. The minimum absolute atomic E-state index is 0.207. The largest absolute Gasteiger partial charge is 0.489 e. The average Bonchev–Trinajstić information content (AvgIpc) is 2.74. The number of carbonyl (C=O) groups excluding carboxylic acids is 2. The maximum absolute atomic E-state index is 12.6. The number of benzene rings is 1. The molecule has 0 unspecified atom stereocenters. The third-order valence-electron chi connectivity index (χ3n) is 5.69. The highest BCUT2D eigenvalue weighted by Crippen LogP contribution is 2.39. The first-order chi connectivity index (χ1) is 14.5. The number of hydrogen-bond donors (Lipinski definition) is 0. The Morgan fingerprint density at radius 2 is 1.97 bits per heavy atom. The number of amides is 1. The molecule has 0 atom stereocenters. The van der Waals surface area contributed by atoms with Crippen molar-refractivity contribution >= 4 is 27.8 Å². The van der Waals surface area contributed by atoms with E-state index in [0.29, 0.717) is 19.7 Å². The van der Waals surface area contributed by atoms with Crippen molar-refractivity contribution in [2.24, 2.45) is 0 Å². The van der Waals surface area contributed by atoms with Gasteiger partial charge >= 0.3 is 5.97 Å². The van der Waals surface area contributed by atoms with Gasteiger partial charge in [0.1, 0.15) is 18.8 Å². The summed E-state index contributed by atoms with van der Waals surface area (Å²) in [4.78, 5) is 26.0. The quantitative estimate of drug-likeness (QED) is 0.453. The molecule has 0 aromatic heterocycles. The predicted molar refractivity (Wildman–Crippen MR) is 117 cm³/mol. The van der Waals surface area contributed by atoms with Gasteiger partial charge in [-0.1, -0.05) is 40.2 Å². The van der Waals surface area contributed by atoms with E-state index in [1.165, 1.54) is 11.1 Å². The zero-order chi connectivity index (χ0) is 21.3. The van der Waals surface area contributed by atoms with Crippen LogP contribution in [0.3, 0.4) is 0 Å². The molecule has 1 aliphatic heterocycles. The normalized spacial score (nSPS) is 17.2. The lowest BCUT2D eigenvalue weighted by atomic mass is 9.81. The Balaban J connectivity index is 1.51. The lowest BCUT2D eigenvalue weighted by Crippen LogP contribution is -2.40. The molecule has 1 amide bonds. The number of esters is 1. The first-order valence-electron chi connectivity index (χ1n) is 10.1. The lowest BCUT2D eigenvalue weighted by Gasteiger charge is -2.36. The molecule has 0 saturated heterocycles. The second kappa shape index (κ2) is 8.64. The van der Waals surface area contributed by atoms with Gasteiger partial charge in [-0.15, -0.1) is 0 Å². The number of rotatable bonds is 6. The van der Waals surface area contributed by atoms with Crippen molar-refractivity contribution in [3.63, 3.8) is 0 Å². The Kier molecular flexibility index (Phi) is 5.95. The maximum atomic E-state index is 12.6. The third kappa shape index (κ3) is 4.15. The summed E-state index contributed by atoms with van der Waals surface area (Å²) in [6.07, 6.45) is 6.80. The van der Waals surface area contributed by atoms with Crippen LogP contribution in [0.1, 0.15) is 30.9 Å². The summed E-state index contributed by atoms with van der Waals surface area (Å²) >= 11 is 3.57. The Bertz CT molecular complexity index is 1030. The van der Waals surface area contributed by atoms with Gasteiger partial charge in [0.05, 0.1) is 6.61 Å². The number of halogens is 1.